The number of nitrogens with zero attached hydrogens (tertiary/aromatic N) is 3. The summed E-state index contributed by atoms with van der Waals surface area (Å²) in [5, 5.41) is 9.87. The van der Waals surface area contributed by atoms with E-state index in [4.69, 9.17) is 22.6 Å². The summed E-state index contributed by atoms with van der Waals surface area (Å²) in [6, 6.07) is 0. The highest BCUT2D eigenvalue weighted by Gasteiger charge is 2.15. The van der Waals surface area contributed by atoms with Crippen LogP contribution in [0.2, 0.25) is 0 Å². The van der Waals surface area contributed by atoms with Gasteiger partial charge in [0.05, 0.1) is 6.54 Å². The van der Waals surface area contributed by atoms with Crippen molar-refractivity contribution in [1.82, 2.24) is 15.1 Å². The molecule has 18 heavy (non-hydrogen) atoms. The van der Waals surface area contributed by atoms with Gasteiger partial charge >= 0.3 is 0 Å². The zero-order chi connectivity index (χ0) is 13.4. The molecule has 0 aromatic heterocycles. The van der Waals surface area contributed by atoms with Crippen LogP contribution in [0.25, 0.3) is 0 Å². The van der Waals surface area contributed by atoms with E-state index in [1.165, 1.54) is 0 Å². The van der Waals surface area contributed by atoms with Crippen LogP contribution in [0.15, 0.2) is 4.99 Å². The van der Waals surface area contributed by atoms with Crippen LogP contribution in [0.5, 0.6) is 0 Å². The van der Waals surface area contributed by atoms with Gasteiger partial charge < -0.3 is 22.5 Å². The molecule has 1 aliphatic heterocycles. The van der Waals surface area contributed by atoms with E-state index < -0.39 is 0 Å². The highest BCUT2D eigenvalue weighted by Crippen LogP contribution is 2.00. The summed E-state index contributed by atoms with van der Waals surface area (Å²) in [5.41, 5.74) is 15.8. The van der Waals surface area contributed by atoms with Crippen molar-refractivity contribution >= 4 is 11.9 Å². The van der Waals surface area contributed by atoms with Crippen molar-refractivity contribution in [2.75, 3.05) is 52.4 Å². The molecule has 0 saturated carbocycles. The quantitative estimate of drug-likeness (QED) is 0.261. The van der Waals surface area contributed by atoms with E-state index in [0.29, 0.717) is 6.54 Å². The van der Waals surface area contributed by atoms with Crippen molar-refractivity contribution in [3.63, 3.8) is 0 Å². The largest absolute Gasteiger partial charge is 0.370 e. The predicted octanol–water partition coefficient (Wildman–Crippen LogP) is -2.64. The van der Waals surface area contributed by atoms with Gasteiger partial charge in [0.2, 0.25) is 0 Å². The Morgan fingerprint density at radius 3 is 2.11 bits per heavy atom. The molecule has 8 nitrogen and oxygen atoms in total. The van der Waals surface area contributed by atoms with E-state index in [-0.39, 0.29) is 11.9 Å². The van der Waals surface area contributed by atoms with Crippen molar-refractivity contribution in [1.29, 1.82) is 5.41 Å². The Labute approximate surface area is 108 Å². The smallest absolute Gasteiger partial charge is 0.185 e. The summed E-state index contributed by atoms with van der Waals surface area (Å²) < 4.78 is 0. The standard InChI is InChI=1S/C10H24N8/c11-9(12)15-1-3-17-5-7-18(8-6-17)4-2-16-10(13)14/h1-8H2,(H4,11,12,15)(H4,13,14,16). The molecule has 1 heterocycles. The molecule has 1 aliphatic rings. The SMILES string of the molecule is N=C(N)NCCN1CCN(CCN=C(N)N)CC1. The Morgan fingerprint density at radius 1 is 1.06 bits per heavy atom. The molecule has 0 aromatic rings. The third kappa shape index (κ3) is 6.26. The molecule has 0 atom stereocenters. The topological polar surface area (TPSA) is 133 Å². The fourth-order valence-electron chi connectivity index (χ4n) is 1.91. The molecule has 0 bridgehead atoms. The molecule has 0 radical (unpaired) electrons. The first-order valence-corrected chi connectivity index (χ1v) is 6.16. The minimum Gasteiger partial charge on any atom is -0.370 e. The van der Waals surface area contributed by atoms with Crippen LogP contribution in [0.4, 0.5) is 0 Å². The maximum Gasteiger partial charge on any atom is 0.185 e. The Bertz CT molecular complexity index is 278. The lowest BCUT2D eigenvalue weighted by atomic mass is 10.3. The zero-order valence-electron chi connectivity index (χ0n) is 10.7. The number of nitrogens with two attached hydrogens (primary N) is 3. The number of guanidine groups is 2. The third-order valence-corrected chi connectivity index (χ3v) is 2.92. The monoisotopic (exact) mass is 256 g/mol. The third-order valence-electron chi connectivity index (χ3n) is 2.92. The summed E-state index contributed by atoms with van der Waals surface area (Å²) in [4.78, 5) is 8.68. The Hall–Kier alpha value is -1.54. The van der Waals surface area contributed by atoms with Crippen molar-refractivity contribution in [3.8, 4) is 0 Å². The number of nitrogens with one attached hydrogen (secondary N) is 2. The van der Waals surface area contributed by atoms with Crippen molar-refractivity contribution in [3.05, 3.63) is 0 Å². The van der Waals surface area contributed by atoms with E-state index in [2.05, 4.69) is 20.1 Å². The van der Waals surface area contributed by atoms with E-state index in [1.54, 1.807) is 0 Å². The van der Waals surface area contributed by atoms with Gasteiger partial charge in [-0.15, -0.1) is 0 Å². The van der Waals surface area contributed by atoms with Crippen LogP contribution >= 0.6 is 0 Å². The van der Waals surface area contributed by atoms with Crippen LogP contribution in [0, 0.1) is 5.41 Å². The van der Waals surface area contributed by atoms with Gasteiger partial charge in [0.15, 0.2) is 11.9 Å². The maximum atomic E-state index is 7.06. The van der Waals surface area contributed by atoms with Gasteiger partial charge in [-0.1, -0.05) is 0 Å². The van der Waals surface area contributed by atoms with Gasteiger partial charge in [0, 0.05) is 45.8 Å². The van der Waals surface area contributed by atoms with Crippen LogP contribution in [0.3, 0.4) is 0 Å². The van der Waals surface area contributed by atoms with Gasteiger partial charge in [-0.05, 0) is 0 Å². The Balaban J connectivity index is 2.09. The van der Waals surface area contributed by atoms with Crippen LogP contribution < -0.4 is 22.5 Å². The second-order valence-corrected chi connectivity index (χ2v) is 4.33. The van der Waals surface area contributed by atoms with Crippen LogP contribution in [-0.4, -0.2) is 74.1 Å². The molecule has 0 amide bonds. The molecule has 8 heteroatoms. The lowest BCUT2D eigenvalue weighted by molar-refractivity contribution is 0.137. The molecule has 1 rings (SSSR count). The molecular weight excluding hydrogens is 232 g/mol. The number of hydrogen-bond acceptors (Lipinski definition) is 4. The summed E-state index contributed by atoms with van der Waals surface area (Å²) >= 11 is 0. The van der Waals surface area contributed by atoms with E-state index in [9.17, 15) is 0 Å². The molecule has 0 aliphatic carbocycles. The molecule has 0 aromatic carbocycles. The summed E-state index contributed by atoms with van der Waals surface area (Å²) in [6.45, 7) is 7.32. The molecule has 1 fully saturated rings. The van der Waals surface area contributed by atoms with Gasteiger partial charge in [-0.2, -0.15) is 0 Å². The first kappa shape index (κ1) is 14.5. The molecule has 0 unspecified atom stereocenters. The van der Waals surface area contributed by atoms with Gasteiger partial charge in [-0.25, -0.2) is 0 Å². The van der Waals surface area contributed by atoms with E-state index in [1.807, 2.05) is 0 Å². The number of piperazine rings is 1. The zero-order valence-corrected chi connectivity index (χ0v) is 10.7. The van der Waals surface area contributed by atoms with Crippen molar-refractivity contribution in [2.45, 2.75) is 0 Å². The fourth-order valence-corrected chi connectivity index (χ4v) is 1.91. The molecule has 8 N–H and O–H groups in total. The maximum absolute atomic E-state index is 7.06. The van der Waals surface area contributed by atoms with Crippen molar-refractivity contribution in [2.24, 2.45) is 22.2 Å². The average molecular weight is 256 g/mol. The van der Waals surface area contributed by atoms with Gasteiger partial charge in [-0.3, -0.25) is 20.2 Å². The molecular formula is C10H24N8. The van der Waals surface area contributed by atoms with Gasteiger partial charge in [0.25, 0.3) is 0 Å². The lowest BCUT2D eigenvalue weighted by Crippen LogP contribution is -2.49. The predicted molar refractivity (Wildman–Crippen MR) is 73.5 cm³/mol. The van der Waals surface area contributed by atoms with Crippen molar-refractivity contribution < 1.29 is 0 Å². The second-order valence-electron chi connectivity index (χ2n) is 4.33. The lowest BCUT2D eigenvalue weighted by Gasteiger charge is -2.34. The first-order valence-electron chi connectivity index (χ1n) is 6.16. The highest BCUT2D eigenvalue weighted by atomic mass is 15.3. The summed E-state index contributed by atoms with van der Waals surface area (Å²) in [5.74, 6) is 0.190. The minimum atomic E-state index is 0.0332. The number of rotatable bonds is 6. The Kier molecular flexibility index (Phi) is 6.23. The highest BCUT2D eigenvalue weighted by molar-refractivity contribution is 5.75. The fraction of sp³-hybridized carbons (Fsp3) is 0.800. The first-order chi connectivity index (χ1) is 8.58. The molecule has 104 valence electrons. The minimum absolute atomic E-state index is 0.0332. The normalized spacial score (nSPS) is 17.3. The second kappa shape index (κ2) is 7.72. The van der Waals surface area contributed by atoms with Crippen LogP contribution in [0.1, 0.15) is 0 Å². The summed E-state index contributed by atoms with van der Waals surface area (Å²) in [7, 11) is 0. The summed E-state index contributed by atoms with van der Waals surface area (Å²) in [6.07, 6.45) is 0. The number of aliphatic imine (C=N–C) groups is 1. The van der Waals surface area contributed by atoms with E-state index in [0.717, 1.165) is 45.8 Å². The van der Waals surface area contributed by atoms with Crippen LogP contribution in [-0.2, 0) is 0 Å². The average Bonchev–Trinajstić information content (AvgIpc) is 2.30. The van der Waals surface area contributed by atoms with E-state index >= 15 is 0 Å². The molecule has 1 saturated heterocycles. The van der Waals surface area contributed by atoms with Gasteiger partial charge in [0.1, 0.15) is 0 Å². The Morgan fingerprint density at radius 2 is 1.61 bits per heavy atom. The molecule has 0 spiro atoms. The number of hydrogen-bond donors (Lipinski definition) is 5.